The number of furan rings is 1. The van der Waals surface area contributed by atoms with E-state index in [-0.39, 0.29) is 6.61 Å². The molecule has 130 valence electrons. The van der Waals surface area contributed by atoms with Crippen LogP contribution in [-0.2, 0) is 11.3 Å². The average Bonchev–Trinajstić information content (AvgIpc) is 3.14. The Bertz CT molecular complexity index is 579. The van der Waals surface area contributed by atoms with Crippen LogP contribution < -0.4 is 10.2 Å². The maximum Gasteiger partial charge on any atom is 0.151 e. The van der Waals surface area contributed by atoms with Crippen molar-refractivity contribution in [2.24, 2.45) is 0 Å². The van der Waals surface area contributed by atoms with Crippen LogP contribution in [0.4, 0.5) is 5.82 Å². The predicted molar refractivity (Wildman–Crippen MR) is 89.6 cm³/mol. The van der Waals surface area contributed by atoms with Crippen LogP contribution in [0.25, 0.3) is 0 Å². The summed E-state index contributed by atoms with van der Waals surface area (Å²) < 4.78 is 10.6. The number of nitrogens with zero attached hydrogens (tertiary/aromatic N) is 3. The van der Waals surface area contributed by atoms with Crippen LogP contribution in [0.2, 0.25) is 0 Å². The standard InChI is InChI=1S/C17H24N4O3/c22-15(12-23-13-16-5-3-9-24-16)10-18-14-4-2-8-21(11-14)17-6-1-7-19-20-17/h1,3,5-7,9,14-15,18,22H,2,4,8,10-13H2/t14-,15-/m1/s1. The maximum absolute atomic E-state index is 10.0. The van der Waals surface area contributed by atoms with Crippen LogP contribution in [0, 0.1) is 0 Å². The van der Waals surface area contributed by atoms with E-state index in [1.54, 1.807) is 12.5 Å². The Labute approximate surface area is 141 Å². The summed E-state index contributed by atoms with van der Waals surface area (Å²) in [4.78, 5) is 2.23. The molecule has 0 saturated carbocycles. The molecule has 3 rings (SSSR count). The van der Waals surface area contributed by atoms with E-state index in [1.165, 1.54) is 0 Å². The van der Waals surface area contributed by atoms with Crippen LogP contribution in [-0.4, -0.2) is 53.7 Å². The molecule has 0 bridgehead atoms. The topological polar surface area (TPSA) is 83.7 Å². The highest BCUT2D eigenvalue weighted by Crippen LogP contribution is 2.16. The van der Waals surface area contributed by atoms with E-state index >= 15 is 0 Å². The highest BCUT2D eigenvalue weighted by molar-refractivity contribution is 5.37. The Morgan fingerprint density at radius 3 is 3.17 bits per heavy atom. The summed E-state index contributed by atoms with van der Waals surface area (Å²) in [7, 11) is 0. The molecular weight excluding hydrogens is 308 g/mol. The molecule has 0 amide bonds. The van der Waals surface area contributed by atoms with Gasteiger partial charge in [0.1, 0.15) is 12.4 Å². The van der Waals surface area contributed by atoms with Crippen molar-refractivity contribution in [3.63, 3.8) is 0 Å². The van der Waals surface area contributed by atoms with Gasteiger partial charge >= 0.3 is 0 Å². The zero-order valence-corrected chi connectivity index (χ0v) is 13.7. The lowest BCUT2D eigenvalue weighted by Crippen LogP contribution is -2.48. The van der Waals surface area contributed by atoms with E-state index in [2.05, 4.69) is 20.4 Å². The SMILES string of the molecule is O[C@H](CN[C@@H]1CCCN(c2cccnn2)C1)COCc1ccco1. The van der Waals surface area contributed by atoms with E-state index in [0.717, 1.165) is 37.5 Å². The van der Waals surface area contributed by atoms with Gasteiger partial charge in [0.15, 0.2) is 5.82 Å². The normalized spacial score (nSPS) is 19.4. The van der Waals surface area contributed by atoms with Crippen molar-refractivity contribution in [2.45, 2.75) is 31.6 Å². The van der Waals surface area contributed by atoms with Gasteiger partial charge < -0.3 is 24.5 Å². The van der Waals surface area contributed by atoms with Gasteiger partial charge in [-0.3, -0.25) is 0 Å². The van der Waals surface area contributed by atoms with Crippen molar-refractivity contribution in [3.05, 3.63) is 42.5 Å². The summed E-state index contributed by atoms with van der Waals surface area (Å²) >= 11 is 0. The molecule has 1 fully saturated rings. The molecule has 7 nitrogen and oxygen atoms in total. The molecule has 24 heavy (non-hydrogen) atoms. The summed E-state index contributed by atoms with van der Waals surface area (Å²) in [5.41, 5.74) is 0. The first-order valence-corrected chi connectivity index (χ1v) is 8.35. The maximum atomic E-state index is 10.0. The van der Waals surface area contributed by atoms with Crippen LogP contribution in [0.1, 0.15) is 18.6 Å². The van der Waals surface area contributed by atoms with E-state index in [9.17, 15) is 5.11 Å². The molecule has 1 aliphatic rings. The number of nitrogens with one attached hydrogen (secondary N) is 1. The first kappa shape index (κ1) is 16.9. The fraction of sp³-hybridized carbons (Fsp3) is 0.529. The van der Waals surface area contributed by atoms with Gasteiger partial charge in [0, 0.05) is 31.9 Å². The van der Waals surface area contributed by atoms with Crippen LogP contribution in [0.5, 0.6) is 0 Å². The van der Waals surface area contributed by atoms with Gasteiger partial charge in [0.05, 0.1) is 19.0 Å². The zero-order chi connectivity index (χ0) is 16.6. The molecular formula is C17H24N4O3. The molecule has 1 saturated heterocycles. The second-order valence-corrected chi connectivity index (χ2v) is 6.02. The lowest BCUT2D eigenvalue weighted by molar-refractivity contribution is 0.0213. The molecule has 2 aromatic heterocycles. The Morgan fingerprint density at radius 2 is 2.38 bits per heavy atom. The number of piperidine rings is 1. The average molecular weight is 332 g/mol. The molecule has 0 aromatic carbocycles. The third kappa shape index (κ3) is 5.02. The number of rotatable bonds is 8. The van der Waals surface area contributed by atoms with Crippen LogP contribution in [0.3, 0.4) is 0 Å². The van der Waals surface area contributed by atoms with Crippen molar-refractivity contribution < 1.29 is 14.3 Å². The molecule has 2 N–H and O–H groups in total. The summed E-state index contributed by atoms with van der Waals surface area (Å²) in [6.45, 7) is 3.05. The van der Waals surface area contributed by atoms with Crippen LogP contribution >= 0.6 is 0 Å². The second-order valence-electron chi connectivity index (χ2n) is 6.02. The van der Waals surface area contributed by atoms with Gasteiger partial charge in [0.2, 0.25) is 0 Å². The lowest BCUT2D eigenvalue weighted by atomic mass is 10.1. The summed E-state index contributed by atoms with van der Waals surface area (Å²) in [5.74, 6) is 1.67. The largest absolute Gasteiger partial charge is 0.467 e. The lowest BCUT2D eigenvalue weighted by Gasteiger charge is -2.34. The van der Waals surface area contributed by atoms with Crippen molar-refractivity contribution in [3.8, 4) is 0 Å². The first-order chi connectivity index (χ1) is 11.8. The quantitative estimate of drug-likeness (QED) is 0.751. The Kier molecular flexibility index (Phi) is 6.17. The fourth-order valence-corrected chi connectivity index (χ4v) is 2.87. The minimum Gasteiger partial charge on any atom is -0.467 e. The third-order valence-corrected chi connectivity index (χ3v) is 4.08. The second kappa shape index (κ2) is 8.77. The van der Waals surface area contributed by atoms with E-state index in [1.807, 2.05) is 24.3 Å². The molecule has 0 aliphatic carbocycles. The number of aromatic nitrogens is 2. The van der Waals surface area contributed by atoms with Crippen molar-refractivity contribution in [2.75, 3.05) is 31.1 Å². The van der Waals surface area contributed by atoms with Gasteiger partial charge in [-0.15, -0.1) is 5.10 Å². The van der Waals surface area contributed by atoms with Gasteiger partial charge in [-0.2, -0.15) is 5.10 Å². The summed E-state index contributed by atoms with van der Waals surface area (Å²) in [6.07, 6.45) is 4.95. The number of hydrogen-bond donors (Lipinski definition) is 2. The molecule has 2 atom stereocenters. The number of anilines is 1. The smallest absolute Gasteiger partial charge is 0.151 e. The van der Waals surface area contributed by atoms with Crippen molar-refractivity contribution in [1.29, 1.82) is 0 Å². The van der Waals surface area contributed by atoms with E-state index < -0.39 is 6.10 Å². The minimum absolute atomic E-state index is 0.286. The number of hydrogen-bond acceptors (Lipinski definition) is 7. The van der Waals surface area contributed by atoms with E-state index in [4.69, 9.17) is 9.15 Å². The van der Waals surface area contributed by atoms with Gasteiger partial charge in [0.25, 0.3) is 0 Å². The monoisotopic (exact) mass is 332 g/mol. The highest BCUT2D eigenvalue weighted by atomic mass is 16.5. The van der Waals surface area contributed by atoms with Gasteiger partial charge in [-0.25, -0.2) is 0 Å². The number of ether oxygens (including phenoxy) is 1. The van der Waals surface area contributed by atoms with Crippen molar-refractivity contribution in [1.82, 2.24) is 15.5 Å². The number of aliphatic hydroxyl groups is 1. The molecule has 0 radical (unpaired) electrons. The zero-order valence-electron chi connectivity index (χ0n) is 13.7. The van der Waals surface area contributed by atoms with Gasteiger partial charge in [-0.05, 0) is 37.1 Å². The van der Waals surface area contributed by atoms with E-state index in [0.29, 0.717) is 19.2 Å². The molecule has 7 heteroatoms. The molecule has 3 heterocycles. The molecule has 0 spiro atoms. The Hall–Kier alpha value is -1.96. The molecule has 1 aliphatic heterocycles. The van der Waals surface area contributed by atoms with Gasteiger partial charge in [-0.1, -0.05) is 0 Å². The minimum atomic E-state index is -0.535. The molecule has 0 unspecified atom stereocenters. The fourth-order valence-electron chi connectivity index (χ4n) is 2.87. The number of aliphatic hydroxyl groups excluding tert-OH is 1. The van der Waals surface area contributed by atoms with Crippen LogP contribution in [0.15, 0.2) is 41.1 Å². The Balaban J connectivity index is 1.36. The highest BCUT2D eigenvalue weighted by Gasteiger charge is 2.21. The van der Waals surface area contributed by atoms with Crippen molar-refractivity contribution >= 4 is 5.82 Å². The molecule has 2 aromatic rings. The predicted octanol–water partition coefficient (Wildman–Crippen LogP) is 1.21. The first-order valence-electron chi connectivity index (χ1n) is 8.35. The third-order valence-electron chi connectivity index (χ3n) is 4.08. The Morgan fingerprint density at radius 1 is 1.42 bits per heavy atom. The summed E-state index contributed by atoms with van der Waals surface area (Å²) in [6, 6.07) is 7.89. The summed E-state index contributed by atoms with van der Waals surface area (Å²) in [5, 5.41) is 21.6.